The number of rotatable bonds is 4. The average molecular weight is 528 g/mol. The lowest BCUT2D eigenvalue weighted by molar-refractivity contribution is 0.944. The molecule has 4 rings (SSSR count). The summed E-state index contributed by atoms with van der Waals surface area (Å²) in [5.41, 5.74) is 3.27. The third kappa shape index (κ3) is 4.13. The number of para-hydroxylation sites is 1. The molecule has 0 saturated heterocycles. The number of nitrogens with zero attached hydrogens (tertiary/aromatic N) is 3. The van der Waals surface area contributed by atoms with Crippen molar-refractivity contribution in [2.24, 2.45) is 0 Å². The molecule has 0 fully saturated rings. The molecule has 4 aromatic rings. The van der Waals surface area contributed by atoms with Crippen LogP contribution < -0.4 is 10.5 Å². The standard InChI is InChI=1S/C24H19ClIN3O/c1-28(2)18-11-7-16(8-12-18)9-14-23-27-21-13-10-17(26)15-19(21)24(30)29(23)22-6-4-3-5-20(22)25/h3-15H,1-2H3/b14-9+. The van der Waals surface area contributed by atoms with E-state index in [0.29, 0.717) is 27.4 Å². The van der Waals surface area contributed by atoms with E-state index in [1.54, 1.807) is 10.6 Å². The van der Waals surface area contributed by atoms with Gasteiger partial charge in [0.15, 0.2) is 0 Å². The summed E-state index contributed by atoms with van der Waals surface area (Å²) in [5.74, 6) is 0.526. The highest BCUT2D eigenvalue weighted by atomic mass is 127. The number of benzene rings is 3. The molecule has 1 heterocycles. The Kier molecular flexibility index (Phi) is 5.92. The van der Waals surface area contributed by atoms with Crippen LogP contribution in [-0.2, 0) is 0 Å². The van der Waals surface area contributed by atoms with Crippen LogP contribution in [0.5, 0.6) is 0 Å². The predicted molar refractivity (Wildman–Crippen MR) is 135 cm³/mol. The van der Waals surface area contributed by atoms with Crippen molar-refractivity contribution in [1.82, 2.24) is 9.55 Å². The van der Waals surface area contributed by atoms with Crippen molar-refractivity contribution < 1.29 is 0 Å². The second kappa shape index (κ2) is 8.62. The minimum absolute atomic E-state index is 0.144. The number of aromatic nitrogens is 2. The average Bonchev–Trinajstić information content (AvgIpc) is 2.74. The van der Waals surface area contributed by atoms with Crippen molar-refractivity contribution in [3.63, 3.8) is 0 Å². The normalized spacial score (nSPS) is 11.3. The summed E-state index contributed by atoms with van der Waals surface area (Å²) in [6.45, 7) is 0. The first kappa shape index (κ1) is 20.6. The second-order valence-electron chi connectivity index (χ2n) is 7.04. The summed E-state index contributed by atoms with van der Waals surface area (Å²) in [6, 6.07) is 21.2. The Bertz CT molecular complexity index is 1310. The Labute approximate surface area is 193 Å². The van der Waals surface area contributed by atoms with Crippen molar-refractivity contribution in [2.75, 3.05) is 19.0 Å². The summed E-state index contributed by atoms with van der Waals surface area (Å²) >= 11 is 8.63. The van der Waals surface area contributed by atoms with Crippen LogP contribution in [0.1, 0.15) is 11.4 Å². The van der Waals surface area contributed by atoms with E-state index >= 15 is 0 Å². The van der Waals surface area contributed by atoms with Gasteiger partial charge < -0.3 is 4.90 Å². The Morgan fingerprint density at radius 2 is 1.73 bits per heavy atom. The summed E-state index contributed by atoms with van der Waals surface area (Å²) in [6.07, 6.45) is 3.81. The number of fused-ring (bicyclic) bond motifs is 1. The highest BCUT2D eigenvalue weighted by molar-refractivity contribution is 14.1. The molecule has 0 radical (unpaired) electrons. The molecule has 6 heteroatoms. The van der Waals surface area contributed by atoms with Crippen LogP contribution in [0.4, 0.5) is 5.69 Å². The quantitative estimate of drug-likeness (QED) is 0.311. The Morgan fingerprint density at radius 3 is 2.43 bits per heavy atom. The number of anilines is 1. The fourth-order valence-electron chi connectivity index (χ4n) is 3.21. The monoisotopic (exact) mass is 527 g/mol. The maximum atomic E-state index is 13.4. The highest BCUT2D eigenvalue weighted by Gasteiger charge is 2.13. The first-order chi connectivity index (χ1) is 14.4. The Balaban J connectivity index is 1.89. The molecule has 4 nitrogen and oxygen atoms in total. The summed E-state index contributed by atoms with van der Waals surface area (Å²) in [5, 5.41) is 1.06. The maximum absolute atomic E-state index is 13.4. The van der Waals surface area contributed by atoms with Crippen molar-refractivity contribution in [2.45, 2.75) is 0 Å². The van der Waals surface area contributed by atoms with Crippen LogP contribution in [0.3, 0.4) is 0 Å². The van der Waals surface area contributed by atoms with Crippen LogP contribution in [0, 0.1) is 3.57 Å². The van der Waals surface area contributed by atoms with E-state index in [4.69, 9.17) is 16.6 Å². The van der Waals surface area contributed by atoms with Crippen LogP contribution in [0.2, 0.25) is 5.02 Å². The van der Waals surface area contributed by atoms with Gasteiger partial charge in [-0.3, -0.25) is 9.36 Å². The fraction of sp³-hybridized carbons (Fsp3) is 0.0833. The van der Waals surface area contributed by atoms with Gasteiger partial charge in [-0.1, -0.05) is 41.9 Å². The van der Waals surface area contributed by atoms with E-state index in [2.05, 4.69) is 39.6 Å². The molecule has 0 spiro atoms. The van der Waals surface area contributed by atoms with Gasteiger partial charge in [0.2, 0.25) is 0 Å². The van der Waals surface area contributed by atoms with E-state index in [0.717, 1.165) is 14.8 Å². The van der Waals surface area contributed by atoms with Gasteiger partial charge in [-0.2, -0.15) is 0 Å². The molecule has 0 N–H and O–H groups in total. The van der Waals surface area contributed by atoms with E-state index in [9.17, 15) is 4.79 Å². The Morgan fingerprint density at radius 1 is 1.00 bits per heavy atom. The van der Waals surface area contributed by atoms with Crippen molar-refractivity contribution in [3.05, 3.63) is 97.1 Å². The second-order valence-corrected chi connectivity index (χ2v) is 8.70. The van der Waals surface area contributed by atoms with Gasteiger partial charge in [-0.15, -0.1) is 0 Å². The fourth-order valence-corrected chi connectivity index (χ4v) is 3.92. The molecule has 150 valence electrons. The number of halogens is 2. The van der Waals surface area contributed by atoms with Gasteiger partial charge in [0.05, 0.1) is 21.6 Å². The van der Waals surface area contributed by atoms with E-state index in [1.165, 1.54) is 0 Å². The molecule has 0 atom stereocenters. The SMILES string of the molecule is CN(C)c1ccc(/C=C/c2nc3ccc(I)cc3c(=O)n2-c2ccccc2Cl)cc1. The molecular weight excluding hydrogens is 509 g/mol. The zero-order valence-electron chi connectivity index (χ0n) is 16.5. The van der Waals surface area contributed by atoms with Crippen LogP contribution in [0.15, 0.2) is 71.5 Å². The Hall–Kier alpha value is -2.64. The zero-order chi connectivity index (χ0) is 21.3. The van der Waals surface area contributed by atoms with Gasteiger partial charge in [0, 0.05) is 23.4 Å². The lowest BCUT2D eigenvalue weighted by Crippen LogP contribution is -2.22. The topological polar surface area (TPSA) is 38.1 Å². The van der Waals surface area contributed by atoms with Gasteiger partial charge in [0.25, 0.3) is 5.56 Å². The van der Waals surface area contributed by atoms with Crippen LogP contribution in [0.25, 0.3) is 28.7 Å². The molecule has 1 aromatic heterocycles. The van der Waals surface area contributed by atoms with Gasteiger partial charge in [-0.05, 0) is 76.7 Å². The van der Waals surface area contributed by atoms with Gasteiger partial charge in [0.1, 0.15) is 5.82 Å². The molecular formula is C24H19ClIN3O. The first-order valence-corrected chi connectivity index (χ1v) is 10.8. The molecule has 0 aliphatic rings. The predicted octanol–water partition coefficient (Wildman–Crippen LogP) is 5.88. The number of hydrogen-bond donors (Lipinski definition) is 0. The third-order valence-corrected chi connectivity index (χ3v) is 5.77. The van der Waals surface area contributed by atoms with E-state index < -0.39 is 0 Å². The van der Waals surface area contributed by atoms with Gasteiger partial charge in [-0.25, -0.2) is 4.98 Å². The van der Waals surface area contributed by atoms with Crippen LogP contribution >= 0.6 is 34.2 Å². The smallest absolute Gasteiger partial charge is 0.266 e. The summed E-state index contributed by atoms with van der Waals surface area (Å²) in [7, 11) is 4.01. The summed E-state index contributed by atoms with van der Waals surface area (Å²) in [4.78, 5) is 20.2. The molecule has 0 unspecified atom stereocenters. The maximum Gasteiger partial charge on any atom is 0.266 e. The molecule has 3 aromatic carbocycles. The number of hydrogen-bond acceptors (Lipinski definition) is 3. The molecule has 30 heavy (non-hydrogen) atoms. The van der Waals surface area contributed by atoms with Crippen molar-refractivity contribution >= 4 is 62.9 Å². The van der Waals surface area contributed by atoms with E-state index in [-0.39, 0.29) is 5.56 Å². The van der Waals surface area contributed by atoms with Crippen molar-refractivity contribution in [3.8, 4) is 5.69 Å². The molecule has 0 saturated carbocycles. The van der Waals surface area contributed by atoms with E-state index in [1.807, 2.05) is 74.8 Å². The third-order valence-electron chi connectivity index (χ3n) is 4.78. The largest absolute Gasteiger partial charge is 0.378 e. The van der Waals surface area contributed by atoms with Gasteiger partial charge >= 0.3 is 0 Å². The molecule has 0 aliphatic heterocycles. The minimum Gasteiger partial charge on any atom is -0.378 e. The lowest BCUT2D eigenvalue weighted by atomic mass is 10.1. The zero-order valence-corrected chi connectivity index (χ0v) is 19.4. The first-order valence-electron chi connectivity index (χ1n) is 9.37. The van der Waals surface area contributed by atoms with Crippen molar-refractivity contribution in [1.29, 1.82) is 0 Å². The molecule has 0 amide bonds. The molecule has 0 aliphatic carbocycles. The van der Waals surface area contributed by atoms with Crippen LogP contribution in [-0.4, -0.2) is 23.6 Å². The molecule has 0 bridgehead atoms. The highest BCUT2D eigenvalue weighted by Crippen LogP contribution is 2.23. The lowest BCUT2D eigenvalue weighted by Gasteiger charge is -2.13. The summed E-state index contributed by atoms with van der Waals surface area (Å²) < 4.78 is 2.56. The minimum atomic E-state index is -0.144.